The number of nitrogens with zero attached hydrogens (tertiary/aromatic N) is 2. The summed E-state index contributed by atoms with van der Waals surface area (Å²) in [4.78, 5) is 6.51. The number of hydrogen-bond donors (Lipinski definition) is 0. The van der Waals surface area contributed by atoms with Gasteiger partial charge in [-0.2, -0.15) is 0 Å². The van der Waals surface area contributed by atoms with Crippen molar-refractivity contribution in [2.75, 3.05) is 0 Å². The maximum atomic E-state index is 4.03. The van der Waals surface area contributed by atoms with Gasteiger partial charge in [-0.1, -0.05) is 52.0 Å². The van der Waals surface area contributed by atoms with Crippen molar-refractivity contribution < 1.29 is 0 Å². The maximum Gasteiger partial charge on any atom is 0.0948 e. The van der Waals surface area contributed by atoms with Crippen molar-refractivity contribution in [1.29, 1.82) is 0 Å². The molecule has 2 aromatic carbocycles. The monoisotopic (exact) mass is 370 g/mol. The molecule has 0 amide bonds. The van der Waals surface area contributed by atoms with Crippen molar-refractivity contribution in [2.45, 2.75) is 16.3 Å². The van der Waals surface area contributed by atoms with Gasteiger partial charge in [0.15, 0.2) is 0 Å². The zero-order valence-electron chi connectivity index (χ0n) is 11.9. The lowest BCUT2D eigenvalue weighted by Gasteiger charge is -2.02. The second kappa shape index (κ2) is 7.47. The Balaban J connectivity index is 1.60. The largest absolute Gasteiger partial charge is 0.334 e. The van der Waals surface area contributed by atoms with Crippen LogP contribution in [-0.4, -0.2) is 9.55 Å². The van der Waals surface area contributed by atoms with Crippen LogP contribution in [0, 0.1) is 0 Å². The van der Waals surface area contributed by atoms with Crippen LogP contribution in [0.1, 0.15) is 5.56 Å². The fraction of sp³-hybridized carbons (Fsp3) is 0.0556. The van der Waals surface area contributed by atoms with E-state index in [4.69, 9.17) is 0 Å². The van der Waals surface area contributed by atoms with Crippen LogP contribution in [0.4, 0.5) is 0 Å². The molecule has 0 radical (unpaired) electrons. The molecule has 0 atom stereocenters. The van der Waals surface area contributed by atoms with Gasteiger partial charge >= 0.3 is 0 Å². The van der Waals surface area contributed by atoms with E-state index < -0.39 is 0 Å². The van der Waals surface area contributed by atoms with Crippen molar-refractivity contribution >= 4 is 33.8 Å². The quantitative estimate of drug-likeness (QED) is 0.589. The van der Waals surface area contributed by atoms with E-state index in [1.54, 1.807) is 18.0 Å². The highest BCUT2D eigenvalue weighted by Crippen LogP contribution is 2.28. The van der Waals surface area contributed by atoms with E-state index in [9.17, 15) is 0 Å². The number of benzene rings is 2. The molecule has 0 aliphatic carbocycles. The Labute approximate surface area is 143 Å². The van der Waals surface area contributed by atoms with Crippen LogP contribution in [0.2, 0.25) is 0 Å². The molecule has 0 spiro atoms. The van der Waals surface area contributed by atoms with E-state index >= 15 is 0 Å². The molecular formula is C18H15BrN2S. The van der Waals surface area contributed by atoms with E-state index in [0.717, 1.165) is 11.0 Å². The molecule has 3 rings (SSSR count). The first-order chi connectivity index (χ1) is 10.8. The second-order valence-electron chi connectivity index (χ2n) is 4.79. The fourth-order valence-corrected chi connectivity index (χ4v) is 3.07. The zero-order valence-corrected chi connectivity index (χ0v) is 14.3. The summed E-state index contributed by atoms with van der Waals surface area (Å²) in [5.74, 6) is 0. The summed E-state index contributed by atoms with van der Waals surface area (Å²) in [5, 5.41) is 0. The van der Waals surface area contributed by atoms with Gasteiger partial charge in [0.05, 0.1) is 6.33 Å². The molecule has 0 aliphatic heterocycles. The third kappa shape index (κ3) is 4.36. The number of rotatable bonds is 5. The van der Waals surface area contributed by atoms with Gasteiger partial charge < -0.3 is 4.57 Å². The molecule has 0 saturated heterocycles. The molecule has 1 aromatic heterocycles. The molecule has 0 unspecified atom stereocenters. The van der Waals surface area contributed by atoms with Crippen molar-refractivity contribution in [3.63, 3.8) is 0 Å². The Kier molecular flexibility index (Phi) is 5.14. The summed E-state index contributed by atoms with van der Waals surface area (Å²) in [5.41, 5.74) is 1.21. The molecule has 0 bridgehead atoms. The maximum absolute atomic E-state index is 4.03. The Morgan fingerprint density at radius 2 is 1.68 bits per heavy atom. The van der Waals surface area contributed by atoms with Crippen molar-refractivity contribution in [2.24, 2.45) is 0 Å². The molecule has 4 heteroatoms. The minimum atomic E-state index is 0.843. The first kappa shape index (κ1) is 15.1. The molecule has 22 heavy (non-hydrogen) atoms. The fourth-order valence-electron chi connectivity index (χ4n) is 1.99. The normalized spacial score (nSPS) is 11.1. The highest BCUT2D eigenvalue weighted by molar-refractivity contribution is 9.10. The van der Waals surface area contributed by atoms with E-state index in [2.05, 4.69) is 81.6 Å². The number of halogens is 1. The summed E-state index contributed by atoms with van der Waals surface area (Å²) in [6.07, 6.45) is 9.85. The SMILES string of the molecule is Brc1ccc(Sc2ccc(C=CCn3ccnc3)cc2)cc1. The van der Waals surface area contributed by atoms with Gasteiger partial charge in [0.25, 0.3) is 0 Å². The molecule has 0 N–H and O–H groups in total. The van der Waals surface area contributed by atoms with Gasteiger partial charge in [-0.25, -0.2) is 4.98 Å². The summed E-state index contributed by atoms with van der Waals surface area (Å²) in [6, 6.07) is 17.0. The molecule has 0 fully saturated rings. The second-order valence-corrected chi connectivity index (χ2v) is 6.85. The molecule has 110 valence electrons. The van der Waals surface area contributed by atoms with Gasteiger partial charge in [-0.05, 0) is 42.0 Å². The smallest absolute Gasteiger partial charge is 0.0948 e. The van der Waals surface area contributed by atoms with Gasteiger partial charge in [-0.3, -0.25) is 0 Å². The highest BCUT2D eigenvalue weighted by atomic mass is 79.9. The van der Waals surface area contributed by atoms with Crippen LogP contribution in [0.3, 0.4) is 0 Å². The van der Waals surface area contributed by atoms with Gasteiger partial charge in [0.2, 0.25) is 0 Å². The lowest BCUT2D eigenvalue weighted by molar-refractivity contribution is 0.823. The molecule has 3 aromatic rings. The minimum Gasteiger partial charge on any atom is -0.334 e. The molecular weight excluding hydrogens is 356 g/mol. The lowest BCUT2D eigenvalue weighted by Crippen LogP contribution is -1.89. The van der Waals surface area contributed by atoms with E-state index in [1.165, 1.54) is 15.4 Å². The third-order valence-corrected chi connectivity index (χ3v) is 4.66. The van der Waals surface area contributed by atoms with Crippen LogP contribution in [0.25, 0.3) is 6.08 Å². The van der Waals surface area contributed by atoms with Crippen LogP contribution in [0.5, 0.6) is 0 Å². The van der Waals surface area contributed by atoms with E-state index in [1.807, 2.05) is 17.1 Å². The number of allylic oxidation sites excluding steroid dienone is 1. The molecule has 2 nitrogen and oxygen atoms in total. The summed E-state index contributed by atoms with van der Waals surface area (Å²) < 4.78 is 3.14. The van der Waals surface area contributed by atoms with Crippen LogP contribution in [0.15, 0.2) is 87.6 Å². The standard InChI is InChI=1S/C18H15BrN2S/c19-16-5-9-18(10-6-16)22-17-7-3-15(4-8-17)2-1-12-21-13-11-20-14-21/h1-11,13-14H,12H2. The van der Waals surface area contributed by atoms with Crippen molar-refractivity contribution in [3.05, 3.63) is 83.4 Å². The Morgan fingerprint density at radius 1 is 1.00 bits per heavy atom. The van der Waals surface area contributed by atoms with Crippen LogP contribution >= 0.6 is 27.7 Å². The van der Waals surface area contributed by atoms with Crippen LogP contribution < -0.4 is 0 Å². The lowest BCUT2D eigenvalue weighted by atomic mass is 10.2. The first-order valence-corrected chi connectivity index (χ1v) is 8.56. The predicted octanol–water partition coefficient (Wildman–Crippen LogP) is 5.51. The predicted molar refractivity (Wildman–Crippen MR) is 96.0 cm³/mol. The average Bonchev–Trinajstić information content (AvgIpc) is 3.05. The van der Waals surface area contributed by atoms with Gasteiger partial charge in [-0.15, -0.1) is 0 Å². The first-order valence-electron chi connectivity index (χ1n) is 6.95. The molecule has 1 heterocycles. The number of aromatic nitrogens is 2. The molecule has 0 saturated carbocycles. The van der Waals surface area contributed by atoms with Gasteiger partial charge in [0.1, 0.15) is 0 Å². The van der Waals surface area contributed by atoms with E-state index in [0.29, 0.717) is 0 Å². The minimum absolute atomic E-state index is 0.843. The Bertz CT molecular complexity index is 732. The summed E-state index contributed by atoms with van der Waals surface area (Å²) in [7, 11) is 0. The topological polar surface area (TPSA) is 17.8 Å². The average molecular weight is 371 g/mol. The highest BCUT2D eigenvalue weighted by Gasteiger charge is 1.97. The van der Waals surface area contributed by atoms with E-state index in [-0.39, 0.29) is 0 Å². The summed E-state index contributed by atoms with van der Waals surface area (Å²) >= 11 is 5.23. The number of hydrogen-bond acceptors (Lipinski definition) is 2. The Hall–Kier alpha value is -1.78. The number of imidazole rings is 1. The van der Waals surface area contributed by atoms with Crippen LogP contribution in [-0.2, 0) is 6.54 Å². The van der Waals surface area contributed by atoms with Crippen molar-refractivity contribution in [1.82, 2.24) is 9.55 Å². The Morgan fingerprint density at radius 3 is 2.32 bits per heavy atom. The summed E-state index contributed by atoms with van der Waals surface area (Å²) in [6.45, 7) is 0.843. The van der Waals surface area contributed by atoms with Crippen molar-refractivity contribution in [3.8, 4) is 0 Å². The third-order valence-electron chi connectivity index (χ3n) is 3.12. The zero-order chi connectivity index (χ0) is 15.2. The molecule has 0 aliphatic rings. The van der Waals surface area contributed by atoms with Gasteiger partial charge in [0, 0.05) is 33.2 Å².